The Hall–Kier alpha value is -2.01. The second-order valence-corrected chi connectivity index (χ2v) is 4.64. The lowest BCUT2D eigenvalue weighted by atomic mass is 10.1. The van der Waals surface area contributed by atoms with Crippen LogP contribution in [0.2, 0.25) is 0 Å². The fourth-order valence-corrected chi connectivity index (χ4v) is 2.27. The predicted molar refractivity (Wildman–Crippen MR) is 75.7 cm³/mol. The lowest BCUT2D eigenvalue weighted by Crippen LogP contribution is -2.32. The monoisotopic (exact) mass is 275 g/mol. The number of thiocarbonyl (C=S) groups is 1. The minimum atomic E-state index is -0.340. The summed E-state index contributed by atoms with van der Waals surface area (Å²) in [6, 6.07) is 7.32. The van der Waals surface area contributed by atoms with E-state index in [1.165, 1.54) is 6.92 Å². The molecule has 0 radical (unpaired) electrons. The molecule has 1 saturated heterocycles. The van der Waals surface area contributed by atoms with Crippen LogP contribution in [0.5, 0.6) is 5.75 Å². The summed E-state index contributed by atoms with van der Waals surface area (Å²) < 4.78 is 5.06. The van der Waals surface area contributed by atoms with Crippen molar-refractivity contribution in [3.8, 4) is 5.75 Å². The molecule has 0 unspecified atom stereocenters. The lowest BCUT2D eigenvalue weighted by Gasteiger charge is -2.09. The molecule has 1 heterocycles. The van der Waals surface area contributed by atoms with Crippen LogP contribution in [0, 0.1) is 0 Å². The molecule has 0 aliphatic carbocycles. The maximum absolute atomic E-state index is 12.0. The second kappa shape index (κ2) is 5.32. The van der Waals surface area contributed by atoms with Crippen LogP contribution in [0.25, 0.3) is 6.08 Å². The van der Waals surface area contributed by atoms with Crippen molar-refractivity contribution in [2.45, 2.75) is 13.3 Å². The van der Waals surface area contributed by atoms with Crippen molar-refractivity contribution >= 4 is 35.1 Å². The summed E-state index contributed by atoms with van der Waals surface area (Å²) in [6.45, 7) is 1.33. The summed E-state index contributed by atoms with van der Waals surface area (Å²) in [5.74, 6) is 0.0854. The van der Waals surface area contributed by atoms with Gasteiger partial charge in [-0.1, -0.05) is 24.4 Å². The summed E-state index contributed by atoms with van der Waals surface area (Å²) in [6.07, 6.45) is 2.08. The van der Waals surface area contributed by atoms with Gasteiger partial charge in [0.05, 0.1) is 12.1 Å². The van der Waals surface area contributed by atoms with Crippen molar-refractivity contribution in [3.05, 3.63) is 35.4 Å². The number of amides is 2. The Morgan fingerprint density at radius 1 is 1.37 bits per heavy atom. The summed E-state index contributed by atoms with van der Waals surface area (Å²) in [5.41, 5.74) is 1.41. The highest BCUT2D eigenvalue weighted by Gasteiger charge is 2.33. The van der Waals surface area contributed by atoms with E-state index >= 15 is 0 Å². The highest BCUT2D eigenvalue weighted by Crippen LogP contribution is 2.23. The average Bonchev–Trinajstić information content (AvgIpc) is 2.65. The standard InChI is InChI=1S/C14H13NO3S/c1-9(16)15-13(19)8-11(14(15)17)7-10-3-5-12(18-2)6-4-10/h3-7H,8H2,1-2H3. The maximum atomic E-state index is 12.0. The number of imide groups is 1. The van der Waals surface area contributed by atoms with Gasteiger partial charge in [-0.3, -0.25) is 9.59 Å². The molecule has 0 aromatic heterocycles. The zero-order valence-corrected chi connectivity index (χ0v) is 11.5. The third-order valence-corrected chi connectivity index (χ3v) is 3.17. The first-order chi connectivity index (χ1) is 9.02. The van der Waals surface area contributed by atoms with E-state index in [1.54, 1.807) is 13.2 Å². The van der Waals surface area contributed by atoms with E-state index in [-0.39, 0.29) is 11.8 Å². The molecule has 98 valence electrons. The predicted octanol–water partition coefficient (Wildman–Crippen LogP) is 2.18. The fourth-order valence-electron chi connectivity index (χ4n) is 1.91. The smallest absolute Gasteiger partial charge is 0.261 e. The quantitative estimate of drug-likeness (QED) is 0.613. The highest BCUT2D eigenvalue weighted by atomic mass is 32.1. The van der Waals surface area contributed by atoms with Gasteiger partial charge >= 0.3 is 0 Å². The SMILES string of the molecule is COc1ccc(C=C2CC(=S)N(C(C)=O)C2=O)cc1. The molecule has 0 N–H and O–H groups in total. The maximum Gasteiger partial charge on any atom is 0.261 e. The lowest BCUT2D eigenvalue weighted by molar-refractivity contribution is -0.135. The van der Waals surface area contributed by atoms with Crippen LogP contribution in [0.1, 0.15) is 18.9 Å². The molecule has 1 aromatic carbocycles. The Kier molecular flexibility index (Phi) is 3.76. The number of likely N-dealkylation sites (tertiary alicyclic amines) is 1. The molecular weight excluding hydrogens is 262 g/mol. The van der Waals surface area contributed by atoms with Crippen molar-refractivity contribution in [2.75, 3.05) is 7.11 Å². The summed E-state index contributed by atoms with van der Waals surface area (Å²) in [4.78, 5) is 24.7. The van der Waals surface area contributed by atoms with Crippen molar-refractivity contribution in [3.63, 3.8) is 0 Å². The van der Waals surface area contributed by atoms with E-state index in [0.717, 1.165) is 16.2 Å². The number of carbonyl (C=O) groups is 2. The first-order valence-corrected chi connectivity index (χ1v) is 6.16. The molecule has 5 heteroatoms. The minimum Gasteiger partial charge on any atom is -0.497 e. The van der Waals surface area contributed by atoms with Crippen LogP contribution >= 0.6 is 12.2 Å². The third-order valence-electron chi connectivity index (χ3n) is 2.84. The molecule has 1 aliphatic heterocycles. The molecule has 2 amide bonds. The normalized spacial score (nSPS) is 17.2. The van der Waals surface area contributed by atoms with Crippen molar-refractivity contribution in [1.82, 2.24) is 4.90 Å². The van der Waals surface area contributed by atoms with Gasteiger partial charge in [0.15, 0.2) is 0 Å². The average molecular weight is 275 g/mol. The van der Waals surface area contributed by atoms with Gasteiger partial charge in [-0.2, -0.15) is 0 Å². The first-order valence-electron chi connectivity index (χ1n) is 5.75. The van der Waals surface area contributed by atoms with Crippen LogP contribution in [0.15, 0.2) is 29.8 Å². The van der Waals surface area contributed by atoms with Crippen LogP contribution in [0.4, 0.5) is 0 Å². The Labute approximate surface area is 116 Å². The van der Waals surface area contributed by atoms with Gasteiger partial charge in [-0.15, -0.1) is 0 Å². The molecule has 0 bridgehead atoms. The number of carbonyl (C=O) groups excluding carboxylic acids is 2. The van der Waals surface area contributed by atoms with Crippen LogP contribution < -0.4 is 4.74 Å². The summed E-state index contributed by atoms with van der Waals surface area (Å²) in [7, 11) is 1.59. The number of rotatable bonds is 2. The Morgan fingerprint density at radius 2 is 2.00 bits per heavy atom. The van der Waals surface area contributed by atoms with Crippen molar-refractivity contribution in [1.29, 1.82) is 0 Å². The molecule has 4 nitrogen and oxygen atoms in total. The summed E-state index contributed by atoms with van der Waals surface area (Å²) >= 11 is 5.05. The van der Waals surface area contributed by atoms with Gasteiger partial charge in [0, 0.05) is 18.9 Å². The zero-order chi connectivity index (χ0) is 14.0. The topological polar surface area (TPSA) is 46.6 Å². The molecule has 1 fully saturated rings. The van der Waals surface area contributed by atoms with E-state index in [1.807, 2.05) is 24.3 Å². The van der Waals surface area contributed by atoms with E-state index in [9.17, 15) is 9.59 Å². The van der Waals surface area contributed by atoms with E-state index in [2.05, 4.69) is 0 Å². The van der Waals surface area contributed by atoms with Gasteiger partial charge in [-0.25, -0.2) is 4.90 Å². The fraction of sp³-hybridized carbons (Fsp3) is 0.214. The van der Waals surface area contributed by atoms with Crippen molar-refractivity contribution < 1.29 is 14.3 Å². The number of methoxy groups -OCH3 is 1. The molecular formula is C14H13NO3S. The number of hydrogen-bond acceptors (Lipinski definition) is 4. The minimum absolute atomic E-state index is 0.326. The van der Waals surface area contributed by atoms with E-state index in [4.69, 9.17) is 17.0 Å². The van der Waals surface area contributed by atoms with Gasteiger partial charge in [0.25, 0.3) is 5.91 Å². The first kappa shape index (κ1) is 13.4. The van der Waals surface area contributed by atoms with Crippen molar-refractivity contribution in [2.24, 2.45) is 0 Å². The van der Waals surface area contributed by atoms with E-state index < -0.39 is 0 Å². The molecule has 19 heavy (non-hydrogen) atoms. The second-order valence-electron chi connectivity index (χ2n) is 4.17. The van der Waals surface area contributed by atoms with Crippen LogP contribution in [-0.4, -0.2) is 28.8 Å². The van der Waals surface area contributed by atoms with Gasteiger partial charge in [0.1, 0.15) is 5.75 Å². The van der Waals surface area contributed by atoms with E-state index in [0.29, 0.717) is 17.0 Å². The van der Waals surface area contributed by atoms with Crippen LogP contribution in [0.3, 0.4) is 0 Å². The van der Waals surface area contributed by atoms with Gasteiger partial charge in [0.2, 0.25) is 5.91 Å². The number of hydrogen-bond donors (Lipinski definition) is 0. The molecule has 1 aliphatic rings. The Bertz CT molecular complexity index is 575. The largest absolute Gasteiger partial charge is 0.497 e. The number of nitrogens with zero attached hydrogens (tertiary/aromatic N) is 1. The number of ether oxygens (including phenoxy) is 1. The Balaban J connectivity index is 2.27. The van der Waals surface area contributed by atoms with Gasteiger partial charge in [-0.05, 0) is 23.8 Å². The molecule has 2 rings (SSSR count). The molecule has 0 saturated carbocycles. The zero-order valence-electron chi connectivity index (χ0n) is 10.7. The Morgan fingerprint density at radius 3 is 2.47 bits per heavy atom. The molecule has 0 atom stereocenters. The molecule has 0 spiro atoms. The highest BCUT2D eigenvalue weighted by molar-refractivity contribution is 7.80. The molecule has 1 aromatic rings. The van der Waals surface area contributed by atoms with Gasteiger partial charge < -0.3 is 4.74 Å². The summed E-state index contributed by atoms with van der Waals surface area (Å²) in [5, 5.41) is 0. The number of benzene rings is 1. The van der Waals surface area contributed by atoms with Crippen LogP contribution in [-0.2, 0) is 9.59 Å². The third kappa shape index (κ3) is 2.71.